The van der Waals surface area contributed by atoms with Crippen LogP contribution < -0.4 is 15.5 Å². The van der Waals surface area contributed by atoms with Crippen molar-refractivity contribution >= 4 is 88.9 Å². The molecular formula is C58H39N3O. The van der Waals surface area contributed by atoms with Crippen molar-refractivity contribution in [3.05, 3.63) is 217 Å². The number of furan rings is 1. The molecule has 13 rings (SSSR count). The fraction of sp³-hybridized carbons (Fsp3) is 0.0345. The van der Waals surface area contributed by atoms with Crippen LogP contribution in [0.2, 0.25) is 0 Å². The minimum absolute atomic E-state index is 0.0459. The van der Waals surface area contributed by atoms with Gasteiger partial charge in [-0.25, -0.2) is 0 Å². The predicted octanol–water partition coefficient (Wildman–Crippen LogP) is 13.6. The molecule has 0 amide bonds. The lowest BCUT2D eigenvalue weighted by molar-refractivity contribution is 0.668. The molecule has 1 aliphatic rings. The summed E-state index contributed by atoms with van der Waals surface area (Å²) in [5, 5.41) is 11.1. The Bertz CT molecular complexity index is 3830. The highest BCUT2D eigenvalue weighted by Gasteiger charge is 2.24. The Morgan fingerprint density at radius 3 is 1.81 bits per heavy atom. The number of para-hydroxylation sites is 4. The molecule has 0 bridgehead atoms. The Kier molecular flexibility index (Phi) is 7.70. The van der Waals surface area contributed by atoms with Gasteiger partial charge in [-0.05, 0) is 113 Å². The molecule has 0 N–H and O–H groups in total. The van der Waals surface area contributed by atoms with Crippen molar-refractivity contribution in [3.8, 4) is 22.5 Å². The lowest BCUT2D eigenvalue weighted by Gasteiger charge is -2.33. The van der Waals surface area contributed by atoms with Gasteiger partial charge >= 0.3 is 0 Å². The monoisotopic (exact) mass is 793 g/mol. The number of hydrogen-bond acceptors (Lipinski definition) is 2. The summed E-state index contributed by atoms with van der Waals surface area (Å²) < 4.78 is 11.3. The fourth-order valence-electron chi connectivity index (χ4n) is 10.1. The van der Waals surface area contributed by atoms with Crippen molar-refractivity contribution in [1.29, 1.82) is 0 Å². The summed E-state index contributed by atoms with van der Waals surface area (Å²) in [6.45, 7) is 0. The molecule has 4 heteroatoms. The number of benzene rings is 9. The van der Waals surface area contributed by atoms with E-state index in [0.29, 0.717) is 0 Å². The molecule has 4 nitrogen and oxygen atoms in total. The van der Waals surface area contributed by atoms with E-state index in [2.05, 4.69) is 226 Å². The minimum atomic E-state index is 0.0459. The third kappa shape index (κ3) is 5.40. The molecule has 0 aliphatic heterocycles. The van der Waals surface area contributed by atoms with Gasteiger partial charge in [-0.2, -0.15) is 0 Å². The smallest absolute Gasteiger partial charge is 0.137 e. The molecule has 0 spiro atoms. The summed E-state index contributed by atoms with van der Waals surface area (Å²) in [5.41, 5.74) is 12.3. The first-order chi connectivity index (χ1) is 30.7. The van der Waals surface area contributed by atoms with E-state index in [-0.39, 0.29) is 6.04 Å². The summed E-state index contributed by atoms with van der Waals surface area (Å²) in [7, 11) is 0. The zero-order valence-corrected chi connectivity index (χ0v) is 33.8. The molecule has 1 atom stereocenters. The quantitative estimate of drug-likeness (QED) is 0.168. The molecule has 0 saturated carbocycles. The van der Waals surface area contributed by atoms with Gasteiger partial charge in [0.1, 0.15) is 11.2 Å². The Morgan fingerprint density at radius 1 is 0.419 bits per heavy atom. The van der Waals surface area contributed by atoms with Gasteiger partial charge < -0.3 is 18.5 Å². The van der Waals surface area contributed by atoms with Gasteiger partial charge in [-0.15, -0.1) is 0 Å². The zero-order valence-electron chi connectivity index (χ0n) is 33.8. The Hall–Kier alpha value is -8.08. The van der Waals surface area contributed by atoms with Gasteiger partial charge in [0, 0.05) is 61.0 Å². The number of fused-ring (bicyclic) bond motifs is 10. The molecule has 12 aromatic rings. The van der Waals surface area contributed by atoms with Crippen LogP contribution in [-0.2, 0) is 0 Å². The summed E-state index contributed by atoms with van der Waals surface area (Å²) >= 11 is 0. The van der Waals surface area contributed by atoms with Crippen LogP contribution in [0.15, 0.2) is 211 Å². The molecule has 0 fully saturated rings. The summed E-state index contributed by atoms with van der Waals surface area (Å²) in [4.78, 5) is 2.48. The zero-order chi connectivity index (χ0) is 40.7. The molecule has 62 heavy (non-hydrogen) atoms. The third-order valence-corrected chi connectivity index (χ3v) is 13.0. The average molecular weight is 794 g/mol. The lowest BCUT2D eigenvalue weighted by Crippen LogP contribution is -2.39. The van der Waals surface area contributed by atoms with E-state index < -0.39 is 0 Å². The van der Waals surface area contributed by atoms with Crippen LogP contribution >= 0.6 is 0 Å². The van der Waals surface area contributed by atoms with Crippen molar-refractivity contribution in [2.75, 3.05) is 4.90 Å². The molecule has 292 valence electrons. The molecule has 3 aromatic heterocycles. The van der Waals surface area contributed by atoms with Crippen LogP contribution in [0.25, 0.3) is 100 Å². The maximum absolute atomic E-state index is 6.47. The first-order valence-electron chi connectivity index (χ1n) is 21.4. The maximum Gasteiger partial charge on any atom is 0.137 e. The largest absolute Gasteiger partial charge is 0.456 e. The summed E-state index contributed by atoms with van der Waals surface area (Å²) in [6.07, 6.45) is 5.76. The molecular weight excluding hydrogens is 755 g/mol. The van der Waals surface area contributed by atoms with Gasteiger partial charge in [-0.3, -0.25) is 0 Å². The number of rotatable bonds is 6. The van der Waals surface area contributed by atoms with E-state index in [1.54, 1.807) is 0 Å². The normalized spacial score (nSPS) is 13.8. The molecule has 3 heterocycles. The first-order valence-corrected chi connectivity index (χ1v) is 21.4. The van der Waals surface area contributed by atoms with E-state index in [1.807, 2.05) is 6.07 Å². The second-order valence-electron chi connectivity index (χ2n) is 16.5. The van der Waals surface area contributed by atoms with Crippen LogP contribution in [-0.4, -0.2) is 15.2 Å². The van der Waals surface area contributed by atoms with Crippen LogP contribution in [0.1, 0.15) is 6.42 Å². The second kappa shape index (κ2) is 13.7. The highest BCUT2D eigenvalue weighted by Crippen LogP contribution is 2.39. The Morgan fingerprint density at radius 2 is 1.02 bits per heavy atom. The number of hydrogen-bond donors (Lipinski definition) is 0. The first kappa shape index (κ1) is 34.8. The summed E-state index contributed by atoms with van der Waals surface area (Å²) in [6, 6.07) is 74.7. The molecule has 0 radical (unpaired) electrons. The number of nitrogens with zero attached hydrogens (tertiary/aromatic N) is 3. The van der Waals surface area contributed by atoms with Crippen LogP contribution in [0.4, 0.5) is 11.4 Å². The standard InChI is InChI=1S/C58H39N3O/c1-2-14-42(15-3-1)60-53-19-9-6-16-47(53)49-32-30-45(36-56(49)60)59(46-31-33-51-50-18-8-11-21-57(50)62-58(51)37-46)43-26-22-38(23-27-43)39-24-28-44(29-25-39)61-54-20-10-7-17-48(54)52-34-40-12-4-5-13-41(40)35-55(52)61/h1-29,31-37,45H,30H2. The fourth-order valence-corrected chi connectivity index (χ4v) is 10.1. The van der Waals surface area contributed by atoms with Gasteiger partial charge in [0.15, 0.2) is 0 Å². The Labute approximate surface area is 357 Å². The van der Waals surface area contributed by atoms with Crippen LogP contribution in [0, 0.1) is 0 Å². The van der Waals surface area contributed by atoms with Crippen molar-refractivity contribution in [2.24, 2.45) is 0 Å². The van der Waals surface area contributed by atoms with Crippen molar-refractivity contribution in [1.82, 2.24) is 9.13 Å². The van der Waals surface area contributed by atoms with Crippen molar-refractivity contribution in [3.63, 3.8) is 0 Å². The average Bonchev–Trinajstić information content (AvgIpc) is 3.98. The highest BCUT2D eigenvalue weighted by molar-refractivity contribution is 6.13. The summed E-state index contributed by atoms with van der Waals surface area (Å²) in [5.74, 6) is 0. The highest BCUT2D eigenvalue weighted by atomic mass is 16.3. The predicted molar refractivity (Wildman–Crippen MR) is 259 cm³/mol. The van der Waals surface area contributed by atoms with Gasteiger partial charge in [0.05, 0.1) is 27.9 Å². The molecule has 1 unspecified atom stereocenters. The third-order valence-electron chi connectivity index (χ3n) is 13.0. The van der Waals surface area contributed by atoms with Gasteiger partial charge in [0.25, 0.3) is 0 Å². The van der Waals surface area contributed by atoms with E-state index in [4.69, 9.17) is 4.42 Å². The van der Waals surface area contributed by atoms with E-state index in [9.17, 15) is 0 Å². The van der Waals surface area contributed by atoms with E-state index in [1.165, 1.54) is 65.2 Å². The van der Waals surface area contributed by atoms with Crippen LogP contribution in [0.3, 0.4) is 0 Å². The molecule has 9 aromatic carbocycles. The topological polar surface area (TPSA) is 26.2 Å². The molecule has 1 aliphatic carbocycles. The van der Waals surface area contributed by atoms with Crippen molar-refractivity contribution < 1.29 is 4.42 Å². The minimum Gasteiger partial charge on any atom is -0.456 e. The maximum atomic E-state index is 6.47. The molecule has 0 saturated heterocycles. The number of anilines is 2. The number of aromatic nitrogens is 2. The Balaban J connectivity index is 0.916. The van der Waals surface area contributed by atoms with Crippen molar-refractivity contribution in [2.45, 2.75) is 12.5 Å². The van der Waals surface area contributed by atoms with Crippen LogP contribution in [0.5, 0.6) is 0 Å². The van der Waals surface area contributed by atoms with E-state index in [0.717, 1.165) is 51.1 Å². The second-order valence-corrected chi connectivity index (χ2v) is 16.5. The lowest BCUT2D eigenvalue weighted by atomic mass is 10.0. The van der Waals surface area contributed by atoms with Gasteiger partial charge in [-0.1, -0.05) is 127 Å². The van der Waals surface area contributed by atoms with E-state index >= 15 is 0 Å². The SMILES string of the molecule is C1=c2c(n(-c3ccccc3)c3ccccc23)=CC(N(c2ccc(-c3ccc(-n4c5ccccc5c5cc6ccccc6cc54)cc3)cc2)c2ccc3c(c2)oc2ccccc23)C1. The van der Waals surface area contributed by atoms with Gasteiger partial charge in [0.2, 0.25) is 0 Å².